The summed E-state index contributed by atoms with van der Waals surface area (Å²) >= 11 is 0. The Morgan fingerprint density at radius 2 is 2.05 bits per heavy atom. The number of nitrogens with zero attached hydrogens (tertiary/aromatic N) is 5. The molecule has 0 amide bonds. The van der Waals surface area contributed by atoms with Crippen LogP contribution < -0.4 is 5.32 Å². The molecule has 2 heterocycles. The first kappa shape index (κ1) is 14.4. The maximum Gasteiger partial charge on any atom is 0.186 e. The summed E-state index contributed by atoms with van der Waals surface area (Å²) in [7, 11) is 1.90. The Balaban J connectivity index is 2.13. The summed E-state index contributed by atoms with van der Waals surface area (Å²) in [5, 5.41) is 11.2. The zero-order valence-corrected chi connectivity index (χ0v) is 12.2. The van der Waals surface area contributed by atoms with E-state index in [0.29, 0.717) is 24.6 Å². The first-order valence-corrected chi connectivity index (χ1v) is 6.66. The lowest BCUT2D eigenvalue weighted by molar-refractivity contribution is 0.595. The van der Waals surface area contributed by atoms with Gasteiger partial charge in [0.2, 0.25) is 0 Å². The van der Waals surface area contributed by atoms with Gasteiger partial charge in [0.1, 0.15) is 12.2 Å². The fourth-order valence-corrected chi connectivity index (χ4v) is 1.97. The molecule has 0 aliphatic rings. The van der Waals surface area contributed by atoms with E-state index < -0.39 is 5.82 Å². The fraction of sp³-hybridized carbons (Fsp3) is 0.538. The topological polar surface area (TPSA) is 68.5 Å². The van der Waals surface area contributed by atoms with Crippen LogP contribution in [0.5, 0.6) is 0 Å². The first-order valence-electron chi connectivity index (χ1n) is 6.66. The second kappa shape index (κ2) is 5.94. The first-order chi connectivity index (χ1) is 9.54. The molecule has 0 aromatic carbocycles. The van der Waals surface area contributed by atoms with Gasteiger partial charge >= 0.3 is 0 Å². The Morgan fingerprint density at radius 3 is 2.65 bits per heavy atom. The minimum absolute atomic E-state index is 0.200. The Labute approximate surface area is 117 Å². The number of anilines is 1. The lowest BCUT2D eigenvalue weighted by atomic mass is 10.2. The molecule has 0 unspecified atom stereocenters. The van der Waals surface area contributed by atoms with Crippen LogP contribution in [0.2, 0.25) is 0 Å². The highest BCUT2D eigenvalue weighted by molar-refractivity contribution is 5.37. The van der Waals surface area contributed by atoms with E-state index in [1.807, 2.05) is 18.5 Å². The number of aryl methyl sites for hydroxylation is 1. The molecule has 2 aromatic heterocycles. The van der Waals surface area contributed by atoms with E-state index in [9.17, 15) is 4.39 Å². The van der Waals surface area contributed by atoms with Gasteiger partial charge in [-0.15, -0.1) is 10.2 Å². The van der Waals surface area contributed by atoms with Crippen LogP contribution in [-0.4, -0.2) is 24.7 Å². The van der Waals surface area contributed by atoms with Gasteiger partial charge in [-0.25, -0.2) is 14.4 Å². The van der Waals surface area contributed by atoms with Crippen LogP contribution in [0.1, 0.15) is 44.0 Å². The second-order valence-electron chi connectivity index (χ2n) is 4.88. The van der Waals surface area contributed by atoms with Crippen molar-refractivity contribution in [3.8, 4) is 0 Å². The highest BCUT2D eigenvalue weighted by Crippen LogP contribution is 2.15. The molecule has 0 aliphatic heterocycles. The van der Waals surface area contributed by atoms with Crippen molar-refractivity contribution in [2.45, 2.75) is 39.7 Å². The second-order valence-corrected chi connectivity index (χ2v) is 4.88. The van der Waals surface area contributed by atoms with Crippen molar-refractivity contribution < 1.29 is 4.39 Å². The molecule has 1 N–H and O–H groups in total. The van der Waals surface area contributed by atoms with Crippen LogP contribution in [0.3, 0.4) is 0 Å². The zero-order valence-electron chi connectivity index (χ0n) is 12.2. The minimum atomic E-state index is -0.402. The standard InChI is InChI=1S/C13H19FN6/c1-5-9-11(14)12(17-7-16-9)15-6-10-18-19-13(8(2)3)20(10)4/h7-8H,5-6H2,1-4H3,(H,15,16,17). The molecule has 0 spiro atoms. The molecule has 0 saturated heterocycles. The van der Waals surface area contributed by atoms with Crippen LogP contribution in [-0.2, 0) is 20.0 Å². The van der Waals surface area contributed by atoms with Gasteiger partial charge in [0.25, 0.3) is 0 Å². The molecule has 0 fully saturated rings. The van der Waals surface area contributed by atoms with Crippen molar-refractivity contribution in [3.05, 3.63) is 29.5 Å². The summed E-state index contributed by atoms with van der Waals surface area (Å²) in [6, 6.07) is 0. The van der Waals surface area contributed by atoms with Crippen LogP contribution in [0.4, 0.5) is 10.2 Å². The third-order valence-corrected chi connectivity index (χ3v) is 3.13. The normalized spacial score (nSPS) is 11.1. The summed E-state index contributed by atoms with van der Waals surface area (Å²) < 4.78 is 15.9. The van der Waals surface area contributed by atoms with Crippen molar-refractivity contribution in [2.24, 2.45) is 7.05 Å². The third kappa shape index (κ3) is 2.76. The molecule has 2 rings (SSSR count). The van der Waals surface area contributed by atoms with Gasteiger partial charge < -0.3 is 9.88 Å². The van der Waals surface area contributed by atoms with Crippen molar-refractivity contribution >= 4 is 5.82 Å². The van der Waals surface area contributed by atoms with Gasteiger partial charge in [0.05, 0.1) is 12.2 Å². The average molecular weight is 278 g/mol. The molecule has 6 nitrogen and oxygen atoms in total. The summed E-state index contributed by atoms with van der Waals surface area (Å²) in [5.74, 6) is 1.74. The molecular formula is C13H19FN6. The fourth-order valence-electron chi connectivity index (χ4n) is 1.97. The molecule has 108 valence electrons. The number of hydrogen-bond acceptors (Lipinski definition) is 5. The molecular weight excluding hydrogens is 259 g/mol. The van der Waals surface area contributed by atoms with E-state index in [1.165, 1.54) is 6.33 Å². The molecule has 0 atom stereocenters. The maximum atomic E-state index is 14.0. The smallest absolute Gasteiger partial charge is 0.186 e. The number of hydrogen-bond donors (Lipinski definition) is 1. The third-order valence-electron chi connectivity index (χ3n) is 3.13. The highest BCUT2D eigenvalue weighted by Gasteiger charge is 2.13. The van der Waals surface area contributed by atoms with Crippen LogP contribution in [0.25, 0.3) is 0 Å². The summed E-state index contributed by atoms with van der Waals surface area (Å²) in [5.41, 5.74) is 0.406. The number of aromatic nitrogens is 5. The molecule has 0 saturated carbocycles. The number of halogens is 1. The van der Waals surface area contributed by atoms with Gasteiger partial charge in [-0.2, -0.15) is 0 Å². The van der Waals surface area contributed by atoms with E-state index in [-0.39, 0.29) is 5.82 Å². The monoisotopic (exact) mass is 278 g/mol. The summed E-state index contributed by atoms with van der Waals surface area (Å²) in [6.07, 6.45) is 1.89. The molecule has 0 radical (unpaired) electrons. The predicted molar refractivity (Wildman–Crippen MR) is 73.8 cm³/mol. The highest BCUT2D eigenvalue weighted by atomic mass is 19.1. The van der Waals surface area contributed by atoms with Crippen LogP contribution in [0, 0.1) is 5.82 Å². The van der Waals surface area contributed by atoms with Crippen molar-refractivity contribution in [2.75, 3.05) is 5.32 Å². The van der Waals surface area contributed by atoms with E-state index >= 15 is 0 Å². The summed E-state index contributed by atoms with van der Waals surface area (Å²) in [4.78, 5) is 7.82. The SMILES string of the molecule is CCc1ncnc(NCc2nnc(C(C)C)n2C)c1F. The molecule has 0 aliphatic carbocycles. The maximum absolute atomic E-state index is 14.0. The quantitative estimate of drug-likeness (QED) is 0.906. The molecule has 20 heavy (non-hydrogen) atoms. The van der Waals surface area contributed by atoms with Gasteiger partial charge in [0.15, 0.2) is 17.5 Å². The lowest BCUT2D eigenvalue weighted by Gasteiger charge is -2.09. The van der Waals surface area contributed by atoms with Gasteiger partial charge in [0, 0.05) is 13.0 Å². The van der Waals surface area contributed by atoms with Crippen molar-refractivity contribution in [3.63, 3.8) is 0 Å². The van der Waals surface area contributed by atoms with Crippen molar-refractivity contribution in [1.29, 1.82) is 0 Å². The largest absolute Gasteiger partial charge is 0.360 e. The van der Waals surface area contributed by atoms with Crippen LogP contribution >= 0.6 is 0 Å². The van der Waals surface area contributed by atoms with Gasteiger partial charge in [-0.3, -0.25) is 0 Å². The Bertz CT molecular complexity index is 593. The van der Waals surface area contributed by atoms with Gasteiger partial charge in [-0.1, -0.05) is 20.8 Å². The Morgan fingerprint density at radius 1 is 1.30 bits per heavy atom. The van der Waals surface area contributed by atoms with Crippen LogP contribution in [0.15, 0.2) is 6.33 Å². The number of nitrogens with one attached hydrogen (secondary N) is 1. The molecule has 2 aromatic rings. The van der Waals surface area contributed by atoms with Crippen molar-refractivity contribution in [1.82, 2.24) is 24.7 Å². The van der Waals surface area contributed by atoms with E-state index in [1.54, 1.807) is 0 Å². The number of rotatable bonds is 5. The van der Waals surface area contributed by atoms with E-state index in [0.717, 1.165) is 11.6 Å². The zero-order chi connectivity index (χ0) is 14.7. The minimum Gasteiger partial charge on any atom is -0.360 e. The van der Waals surface area contributed by atoms with E-state index in [2.05, 4.69) is 39.3 Å². The Hall–Kier alpha value is -2.05. The predicted octanol–water partition coefficient (Wildman–Crippen LogP) is 2.04. The van der Waals surface area contributed by atoms with Gasteiger partial charge in [-0.05, 0) is 6.42 Å². The van der Waals surface area contributed by atoms with E-state index in [4.69, 9.17) is 0 Å². The molecule has 0 bridgehead atoms. The summed E-state index contributed by atoms with van der Waals surface area (Å²) in [6.45, 7) is 6.33. The molecule has 7 heteroatoms. The average Bonchev–Trinajstić information content (AvgIpc) is 2.79. The lowest BCUT2D eigenvalue weighted by Crippen LogP contribution is -2.11. The Kier molecular flexibility index (Phi) is 4.26.